The zero-order valence-electron chi connectivity index (χ0n) is 12.2. The third kappa shape index (κ3) is 3.01. The standard InChI is InChI=1S/C16H12F3N3OS/c17-16(18,19)12-6-7-21-8-11(12)14(23)15-22(13(20)9-24-15)10-4-2-1-3-5-10/h1-8,15,20H,9H2. The number of alkyl halides is 3. The molecule has 0 spiro atoms. The Labute approximate surface area is 140 Å². The number of pyridine rings is 1. The van der Waals surface area contributed by atoms with E-state index in [1.54, 1.807) is 30.3 Å². The summed E-state index contributed by atoms with van der Waals surface area (Å²) in [6.07, 6.45) is -2.68. The molecule has 2 heterocycles. The monoisotopic (exact) mass is 351 g/mol. The molecule has 1 N–H and O–H groups in total. The van der Waals surface area contributed by atoms with Crippen LogP contribution in [0.25, 0.3) is 0 Å². The number of hydrogen-bond donors (Lipinski definition) is 1. The van der Waals surface area contributed by atoms with E-state index in [1.807, 2.05) is 0 Å². The minimum Gasteiger partial charge on any atom is -0.310 e. The second-order valence-electron chi connectivity index (χ2n) is 5.10. The van der Waals surface area contributed by atoms with E-state index in [9.17, 15) is 18.0 Å². The molecule has 1 atom stereocenters. The van der Waals surface area contributed by atoms with E-state index in [2.05, 4.69) is 4.98 Å². The molecule has 1 unspecified atom stereocenters. The smallest absolute Gasteiger partial charge is 0.310 e. The normalized spacial score (nSPS) is 18.0. The van der Waals surface area contributed by atoms with E-state index in [-0.39, 0.29) is 11.6 Å². The predicted molar refractivity (Wildman–Crippen MR) is 86.5 cm³/mol. The molecule has 124 valence electrons. The Morgan fingerprint density at radius 2 is 1.96 bits per heavy atom. The summed E-state index contributed by atoms with van der Waals surface area (Å²) in [5, 5.41) is 7.11. The number of benzene rings is 1. The van der Waals surface area contributed by atoms with Crippen LogP contribution in [0.4, 0.5) is 18.9 Å². The molecular formula is C16H12F3N3OS. The number of Topliss-reactive ketones (excluding diaryl/α,β-unsaturated/α-hetero) is 1. The third-order valence-corrected chi connectivity index (χ3v) is 4.73. The van der Waals surface area contributed by atoms with Crippen LogP contribution >= 0.6 is 11.8 Å². The molecule has 1 aliphatic heterocycles. The summed E-state index contributed by atoms with van der Waals surface area (Å²) in [6.45, 7) is 0. The van der Waals surface area contributed by atoms with Crippen LogP contribution in [0.5, 0.6) is 0 Å². The number of carbonyl (C=O) groups excluding carboxylic acids is 1. The van der Waals surface area contributed by atoms with Gasteiger partial charge in [-0.3, -0.25) is 15.2 Å². The summed E-state index contributed by atoms with van der Waals surface area (Å²) >= 11 is 1.13. The van der Waals surface area contributed by atoms with Gasteiger partial charge in [0.15, 0.2) is 5.78 Å². The molecule has 1 fully saturated rings. The first kappa shape index (κ1) is 16.5. The van der Waals surface area contributed by atoms with Gasteiger partial charge in [-0.1, -0.05) is 18.2 Å². The Morgan fingerprint density at radius 3 is 2.62 bits per heavy atom. The summed E-state index contributed by atoms with van der Waals surface area (Å²) in [5.41, 5.74) is -0.879. The van der Waals surface area contributed by atoms with Crippen LogP contribution in [0.3, 0.4) is 0 Å². The van der Waals surface area contributed by atoms with Crippen LogP contribution in [0.15, 0.2) is 48.8 Å². The molecule has 1 saturated heterocycles. The summed E-state index contributed by atoms with van der Waals surface area (Å²) in [7, 11) is 0. The molecular weight excluding hydrogens is 339 g/mol. The highest BCUT2D eigenvalue weighted by Crippen LogP contribution is 2.36. The molecule has 2 aromatic rings. The highest BCUT2D eigenvalue weighted by atomic mass is 32.2. The van der Waals surface area contributed by atoms with Crippen molar-refractivity contribution in [2.24, 2.45) is 0 Å². The Kier molecular flexibility index (Phi) is 4.31. The largest absolute Gasteiger partial charge is 0.417 e. The van der Waals surface area contributed by atoms with E-state index >= 15 is 0 Å². The van der Waals surface area contributed by atoms with Gasteiger partial charge in [-0.25, -0.2) is 0 Å². The fourth-order valence-electron chi connectivity index (χ4n) is 2.49. The highest BCUT2D eigenvalue weighted by molar-refractivity contribution is 8.02. The van der Waals surface area contributed by atoms with Gasteiger partial charge in [0.2, 0.25) is 0 Å². The third-order valence-electron chi connectivity index (χ3n) is 3.55. The summed E-state index contributed by atoms with van der Waals surface area (Å²) in [4.78, 5) is 17.9. The maximum absolute atomic E-state index is 13.1. The number of carbonyl (C=O) groups is 1. The van der Waals surface area contributed by atoms with Gasteiger partial charge in [0.25, 0.3) is 0 Å². The lowest BCUT2D eigenvalue weighted by Gasteiger charge is -2.25. The van der Waals surface area contributed by atoms with Crippen LogP contribution < -0.4 is 4.90 Å². The van der Waals surface area contributed by atoms with E-state index in [1.165, 1.54) is 4.90 Å². The van der Waals surface area contributed by atoms with Gasteiger partial charge >= 0.3 is 6.18 Å². The molecule has 1 aliphatic rings. The fourth-order valence-corrected chi connectivity index (χ4v) is 3.62. The summed E-state index contributed by atoms with van der Waals surface area (Å²) < 4.78 is 39.4. The number of para-hydroxylation sites is 1. The first-order valence-electron chi connectivity index (χ1n) is 6.98. The molecule has 24 heavy (non-hydrogen) atoms. The predicted octanol–water partition coefficient (Wildman–Crippen LogP) is 3.84. The highest BCUT2D eigenvalue weighted by Gasteiger charge is 2.41. The average molecular weight is 351 g/mol. The van der Waals surface area contributed by atoms with Crippen molar-refractivity contribution in [3.05, 3.63) is 59.9 Å². The minimum absolute atomic E-state index is 0.182. The molecule has 8 heteroatoms. The van der Waals surface area contributed by atoms with Gasteiger partial charge in [-0.15, -0.1) is 11.8 Å². The first-order valence-corrected chi connectivity index (χ1v) is 8.03. The van der Waals surface area contributed by atoms with Crippen molar-refractivity contribution in [1.82, 2.24) is 4.98 Å². The number of ketones is 1. The van der Waals surface area contributed by atoms with Gasteiger partial charge in [0, 0.05) is 18.1 Å². The van der Waals surface area contributed by atoms with E-state index < -0.39 is 28.5 Å². The van der Waals surface area contributed by atoms with Gasteiger partial charge in [-0.2, -0.15) is 13.2 Å². The maximum Gasteiger partial charge on any atom is 0.417 e. The number of rotatable bonds is 3. The van der Waals surface area contributed by atoms with Crippen molar-refractivity contribution in [3.63, 3.8) is 0 Å². The van der Waals surface area contributed by atoms with E-state index in [4.69, 9.17) is 5.41 Å². The molecule has 3 rings (SSSR count). The second-order valence-corrected chi connectivity index (χ2v) is 6.17. The van der Waals surface area contributed by atoms with Crippen LogP contribution in [0, 0.1) is 5.41 Å². The number of halogens is 3. The lowest BCUT2D eigenvalue weighted by Crippen LogP contribution is -2.38. The Bertz CT molecular complexity index is 780. The van der Waals surface area contributed by atoms with Gasteiger partial charge in [-0.05, 0) is 18.2 Å². The maximum atomic E-state index is 13.1. The second kappa shape index (κ2) is 6.27. The minimum atomic E-state index is -4.64. The van der Waals surface area contributed by atoms with E-state index in [0.29, 0.717) is 5.69 Å². The lowest BCUT2D eigenvalue weighted by atomic mass is 10.1. The van der Waals surface area contributed by atoms with Crippen molar-refractivity contribution in [2.45, 2.75) is 11.6 Å². The van der Waals surface area contributed by atoms with Crippen LogP contribution in [-0.4, -0.2) is 27.7 Å². The molecule has 0 radical (unpaired) electrons. The summed E-state index contributed by atoms with van der Waals surface area (Å²) in [5.74, 6) is -0.263. The average Bonchev–Trinajstić information content (AvgIpc) is 2.96. The Morgan fingerprint density at radius 1 is 1.25 bits per heavy atom. The Hall–Kier alpha value is -2.35. The van der Waals surface area contributed by atoms with Crippen LogP contribution in [-0.2, 0) is 6.18 Å². The van der Waals surface area contributed by atoms with Crippen molar-refractivity contribution >= 4 is 29.1 Å². The quantitative estimate of drug-likeness (QED) is 0.854. The topological polar surface area (TPSA) is 57.1 Å². The van der Waals surface area contributed by atoms with Gasteiger partial charge in [0.05, 0.1) is 16.9 Å². The SMILES string of the molecule is N=C1CSC(C(=O)c2cnccc2C(F)(F)F)N1c1ccccc1. The number of thioether (sulfide) groups is 1. The molecule has 0 bridgehead atoms. The lowest BCUT2D eigenvalue weighted by molar-refractivity contribution is -0.138. The molecule has 0 aliphatic carbocycles. The number of amidine groups is 1. The van der Waals surface area contributed by atoms with Gasteiger partial charge in [0.1, 0.15) is 11.2 Å². The molecule has 1 aromatic heterocycles. The summed E-state index contributed by atoms with van der Waals surface area (Å²) in [6, 6.07) is 9.51. The molecule has 0 saturated carbocycles. The number of nitrogens with zero attached hydrogens (tertiary/aromatic N) is 2. The number of hydrogen-bond acceptors (Lipinski definition) is 4. The number of aromatic nitrogens is 1. The van der Waals surface area contributed by atoms with Crippen molar-refractivity contribution < 1.29 is 18.0 Å². The number of nitrogens with one attached hydrogen (secondary N) is 1. The molecule has 0 amide bonds. The first-order chi connectivity index (χ1) is 11.4. The molecule has 4 nitrogen and oxygen atoms in total. The van der Waals surface area contributed by atoms with Crippen LogP contribution in [0.2, 0.25) is 0 Å². The molecule has 1 aromatic carbocycles. The van der Waals surface area contributed by atoms with Crippen LogP contribution in [0.1, 0.15) is 15.9 Å². The van der Waals surface area contributed by atoms with Crippen molar-refractivity contribution in [2.75, 3.05) is 10.7 Å². The Balaban J connectivity index is 2.00. The zero-order valence-corrected chi connectivity index (χ0v) is 13.1. The number of anilines is 1. The van der Waals surface area contributed by atoms with E-state index in [0.717, 1.165) is 30.2 Å². The van der Waals surface area contributed by atoms with Crippen molar-refractivity contribution in [3.8, 4) is 0 Å². The van der Waals surface area contributed by atoms with Gasteiger partial charge < -0.3 is 4.90 Å². The fraction of sp³-hybridized carbons (Fsp3) is 0.188. The van der Waals surface area contributed by atoms with Crippen molar-refractivity contribution in [1.29, 1.82) is 5.41 Å². The zero-order chi connectivity index (χ0) is 17.3.